The van der Waals surface area contributed by atoms with Crippen LogP contribution in [0.2, 0.25) is 0 Å². The van der Waals surface area contributed by atoms with Crippen LogP contribution in [-0.2, 0) is 5.41 Å². The smallest absolute Gasteiger partial charge is 0.0556 e. The molecule has 1 heteroatoms. The number of para-hydroxylation sites is 1. The highest BCUT2D eigenvalue weighted by Gasteiger charge is 2.64. The number of hydrogen-bond acceptors (Lipinski definition) is 1. The van der Waals surface area contributed by atoms with E-state index in [1.54, 1.807) is 33.2 Å². The Bertz CT molecular complexity index is 2400. The van der Waals surface area contributed by atoms with E-state index >= 15 is 0 Å². The zero-order valence-electron chi connectivity index (χ0n) is 28.4. The molecule has 7 aliphatic carbocycles. The Kier molecular flexibility index (Phi) is 6.27. The van der Waals surface area contributed by atoms with E-state index in [2.05, 4.69) is 157 Å². The van der Waals surface area contributed by atoms with Gasteiger partial charge in [-0.2, -0.15) is 0 Å². The van der Waals surface area contributed by atoms with Crippen molar-refractivity contribution in [3.8, 4) is 0 Å². The van der Waals surface area contributed by atoms with Crippen molar-refractivity contribution in [1.82, 2.24) is 0 Å². The molecule has 242 valence electrons. The van der Waals surface area contributed by atoms with Gasteiger partial charge in [0.1, 0.15) is 0 Å². The summed E-state index contributed by atoms with van der Waals surface area (Å²) in [6, 6.07) is 28.1. The zero-order chi connectivity index (χ0) is 32.8. The van der Waals surface area contributed by atoms with Crippen LogP contribution < -0.4 is 4.90 Å². The lowest BCUT2D eigenvalue weighted by atomic mass is 9.56. The molecule has 7 aliphatic rings. The first kappa shape index (κ1) is 28.7. The molecule has 0 heterocycles. The van der Waals surface area contributed by atoms with E-state index in [0.717, 1.165) is 38.5 Å². The van der Waals surface area contributed by atoms with Gasteiger partial charge in [0.15, 0.2) is 0 Å². The Hall–Kier alpha value is -5.14. The molecule has 0 radical (unpaired) electrons. The first-order valence-corrected chi connectivity index (χ1v) is 18.8. The highest BCUT2D eigenvalue weighted by molar-refractivity contribution is 6.16. The van der Waals surface area contributed by atoms with Crippen LogP contribution >= 0.6 is 0 Å². The fraction of sp³-hybridized carbons (Fsp3) is 0.224. The number of benzene rings is 4. The number of anilines is 1. The maximum atomic E-state index is 2.66. The molecule has 4 aromatic rings. The maximum absolute atomic E-state index is 2.66. The SMILES string of the molecule is C1=CCCC(C2=Cc3c4c5c(cccc5c5ccccc35)C3(C5CC=CC=C5C5=CC=C(N(c6ccccc6)C6C=CC=CC6)CC53)C4C2)=C1. The van der Waals surface area contributed by atoms with Crippen LogP contribution in [0.5, 0.6) is 0 Å². The standard InChI is InChI=1S/C49H41N/c1-4-15-32(16-5-1)33-29-42-38-22-11-10-21-37(38)41-24-14-26-44-47(41)48(42)46(30-33)49(44)43-25-13-12-23-39(43)40-28-27-36(31-45(40)49)50(34-17-6-2-7-18-34)35-19-8-3-9-20-35/h1-4,6-15,17-19,21-24,26-29,35,43,45-46H,5,16,20,25,30-31H2. The van der Waals surface area contributed by atoms with Crippen molar-refractivity contribution in [1.29, 1.82) is 0 Å². The molecular weight excluding hydrogens is 603 g/mol. The monoisotopic (exact) mass is 643 g/mol. The molecule has 11 rings (SSSR count). The molecule has 0 N–H and O–H groups in total. The third-order valence-electron chi connectivity index (χ3n) is 13.2. The summed E-state index contributed by atoms with van der Waals surface area (Å²) in [7, 11) is 0. The van der Waals surface area contributed by atoms with Crippen LogP contribution in [0.1, 0.15) is 61.1 Å². The molecule has 1 spiro atoms. The normalized spacial score (nSPS) is 28.3. The van der Waals surface area contributed by atoms with E-state index in [1.807, 2.05) is 0 Å². The Morgan fingerprint density at radius 3 is 2.28 bits per heavy atom. The van der Waals surface area contributed by atoms with Crippen molar-refractivity contribution >= 4 is 33.3 Å². The van der Waals surface area contributed by atoms with Gasteiger partial charge in [-0.25, -0.2) is 0 Å². The Labute approximate surface area is 295 Å². The lowest BCUT2D eigenvalue weighted by Crippen LogP contribution is -2.43. The van der Waals surface area contributed by atoms with E-state index in [1.165, 1.54) is 38.7 Å². The van der Waals surface area contributed by atoms with Crippen molar-refractivity contribution in [2.75, 3.05) is 4.90 Å². The Morgan fingerprint density at radius 1 is 0.600 bits per heavy atom. The van der Waals surface area contributed by atoms with Gasteiger partial charge in [0.05, 0.1) is 6.04 Å². The zero-order valence-corrected chi connectivity index (χ0v) is 28.4. The molecule has 5 atom stereocenters. The maximum Gasteiger partial charge on any atom is 0.0556 e. The highest BCUT2D eigenvalue weighted by Crippen LogP contribution is 2.72. The first-order chi connectivity index (χ1) is 24.8. The van der Waals surface area contributed by atoms with Gasteiger partial charge in [-0.1, -0.05) is 134 Å². The van der Waals surface area contributed by atoms with Gasteiger partial charge in [-0.15, -0.1) is 0 Å². The largest absolute Gasteiger partial charge is 0.338 e. The molecular formula is C49H41N. The highest BCUT2D eigenvalue weighted by atomic mass is 15.2. The summed E-state index contributed by atoms with van der Waals surface area (Å²) < 4.78 is 0. The van der Waals surface area contributed by atoms with Gasteiger partial charge < -0.3 is 4.90 Å². The minimum absolute atomic E-state index is 0.0227. The van der Waals surface area contributed by atoms with E-state index in [4.69, 9.17) is 0 Å². The van der Waals surface area contributed by atoms with Crippen molar-refractivity contribution in [3.63, 3.8) is 0 Å². The summed E-state index contributed by atoms with van der Waals surface area (Å²) in [6.45, 7) is 0. The number of hydrogen-bond donors (Lipinski definition) is 0. The lowest BCUT2D eigenvalue weighted by Gasteiger charge is -2.47. The number of nitrogens with zero attached hydrogens (tertiary/aromatic N) is 1. The first-order valence-electron chi connectivity index (χ1n) is 18.8. The molecule has 1 nitrogen and oxygen atoms in total. The predicted octanol–water partition coefficient (Wildman–Crippen LogP) is 12.1. The molecule has 0 amide bonds. The fourth-order valence-electron chi connectivity index (χ4n) is 11.4. The summed E-state index contributed by atoms with van der Waals surface area (Å²) in [4.78, 5) is 2.66. The van der Waals surface area contributed by atoms with Crippen LogP contribution in [0.4, 0.5) is 5.69 Å². The summed E-state index contributed by atoms with van der Waals surface area (Å²) in [5.41, 5.74) is 13.7. The number of allylic oxidation sites excluding steroid dienone is 15. The van der Waals surface area contributed by atoms with Crippen molar-refractivity contribution in [3.05, 3.63) is 190 Å². The van der Waals surface area contributed by atoms with E-state index in [-0.39, 0.29) is 5.41 Å². The third-order valence-corrected chi connectivity index (χ3v) is 13.2. The molecule has 1 saturated carbocycles. The van der Waals surface area contributed by atoms with Crippen LogP contribution in [0, 0.1) is 11.8 Å². The second kappa shape index (κ2) is 10.9. The Balaban J connectivity index is 1.16. The topological polar surface area (TPSA) is 3.24 Å². The van der Waals surface area contributed by atoms with Gasteiger partial charge >= 0.3 is 0 Å². The lowest BCUT2D eigenvalue weighted by molar-refractivity contribution is 0.215. The van der Waals surface area contributed by atoms with E-state index in [9.17, 15) is 0 Å². The summed E-state index contributed by atoms with van der Waals surface area (Å²) in [6.07, 6.45) is 37.7. The van der Waals surface area contributed by atoms with E-state index in [0.29, 0.717) is 23.8 Å². The molecule has 0 aromatic heterocycles. The van der Waals surface area contributed by atoms with Crippen LogP contribution in [0.3, 0.4) is 0 Å². The predicted molar refractivity (Wildman–Crippen MR) is 210 cm³/mol. The molecule has 0 bridgehead atoms. The average molecular weight is 644 g/mol. The summed E-state index contributed by atoms with van der Waals surface area (Å²) >= 11 is 0. The molecule has 0 saturated heterocycles. The number of rotatable bonds is 4. The molecule has 0 aliphatic heterocycles. The van der Waals surface area contributed by atoms with Crippen LogP contribution in [0.15, 0.2) is 174 Å². The van der Waals surface area contributed by atoms with Crippen LogP contribution in [-0.4, -0.2) is 6.04 Å². The van der Waals surface area contributed by atoms with Gasteiger partial charge in [0.25, 0.3) is 0 Å². The minimum atomic E-state index is -0.0227. The summed E-state index contributed by atoms with van der Waals surface area (Å²) in [5.74, 6) is 1.27. The van der Waals surface area contributed by atoms with Gasteiger partial charge in [-0.05, 0) is 123 Å². The fourth-order valence-corrected chi connectivity index (χ4v) is 11.4. The molecule has 1 fully saturated rings. The van der Waals surface area contributed by atoms with Gasteiger partial charge in [-0.3, -0.25) is 0 Å². The van der Waals surface area contributed by atoms with Crippen molar-refractivity contribution < 1.29 is 0 Å². The molecule has 5 unspecified atom stereocenters. The van der Waals surface area contributed by atoms with E-state index < -0.39 is 0 Å². The quantitative estimate of drug-likeness (QED) is 0.200. The average Bonchev–Trinajstić information content (AvgIpc) is 3.66. The Morgan fingerprint density at radius 2 is 1.42 bits per heavy atom. The van der Waals surface area contributed by atoms with Crippen molar-refractivity contribution in [2.24, 2.45) is 11.8 Å². The second-order valence-electron chi connectivity index (χ2n) is 15.3. The second-order valence-corrected chi connectivity index (χ2v) is 15.3. The molecule has 4 aromatic carbocycles. The van der Waals surface area contributed by atoms with Gasteiger partial charge in [0.2, 0.25) is 0 Å². The van der Waals surface area contributed by atoms with Crippen LogP contribution in [0.25, 0.3) is 27.6 Å². The number of fused-ring (bicyclic) bond motifs is 10. The van der Waals surface area contributed by atoms with Crippen molar-refractivity contribution in [2.45, 2.75) is 55.9 Å². The summed E-state index contributed by atoms with van der Waals surface area (Å²) in [5, 5.41) is 5.83. The third kappa shape index (κ3) is 3.84. The minimum Gasteiger partial charge on any atom is -0.338 e. The van der Waals surface area contributed by atoms with Gasteiger partial charge in [0, 0.05) is 28.6 Å². The molecule has 50 heavy (non-hydrogen) atoms.